The number of nitro benzene ring substituents is 1. The van der Waals surface area contributed by atoms with Gasteiger partial charge >= 0.3 is 0 Å². The van der Waals surface area contributed by atoms with Crippen LogP contribution in [0.25, 0.3) is 0 Å². The first-order chi connectivity index (χ1) is 14.1. The van der Waals surface area contributed by atoms with Crippen LogP contribution in [0.4, 0.5) is 11.4 Å². The van der Waals surface area contributed by atoms with E-state index >= 15 is 0 Å². The summed E-state index contributed by atoms with van der Waals surface area (Å²) in [5, 5.41) is 11.1. The van der Waals surface area contributed by atoms with E-state index in [-0.39, 0.29) is 16.7 Å². The van der Waals surface area contributed by atoms with E-state index in [2.05, 4.69) is 63.9 Å². The fraction of sp³-hybridized carbons (Fsp3) is 0.333. The van der Waals surface area contributed by atoms with Crippen molar-refractivity contribution in [3.63, 3.8) is 0 Å². The van der Waals surface area contributed by atoms with Gasteiger partial charge in [0.15, 0.2) is 0 Å². The highest BCUT2D eigenvalue weighted by Gasteiger charge is 2.47. The van der Waals surface area contributed by atoms with Gasteiger partial charge in [-0.25, -0.2) is 0 Å². The summed E-state index contributed by atoms with van der Waals surface area (Å²) >= 11 is 2.47. The lowest BCUT2D eigenvalue weighted by Gasteiger charge is -2.51. The van der Waals surface area contributed by atoms with Gasteiger partial charge in [0.1, 0.15) is 0 Å². The third-order valence-corrected chi connectivity index (χ3v) is 7.88. The van der Waals surface area contributed by atoms with Crippen LogP contribution in [0.5, 0.6) is 0 Å². The highest BCUT2D eigenvalue weighted by molar-refractivity contribution is 14.1. The molecule has 4 aliphatic rings. The maximum Gasteiger partial charge on any atom is 0.269 e. The standard InChI is InChI=1S/C24H21IN2O2/c25-16-11-21-18-4-1-3-15(18)13-26-23(14-7-9-17(10-8-14)27(28)29)20-6-2-5-19(20)22(12-16)24(21)26/h1-2,4-5,7-12,15,18-20,23H,3,6,13H2/t15-,18+,19-,20+,23-/m0/s1. The quantitative estimate of drug-likeness (QED) is 0.219. The Morgan fingerprint density at radius 2 is 1.69 bits per heavy atom. The minimum atomic E-state index is -0.310. The van der Waals surface area contributed by atoms with E-state index < -0.39 is 0 Å². The number of fused-ring (bicyclic) bond motifs is 4. The molecule has 4 nitrogen and oxygen atoms in total. The molecule has 2 aliphatic heterocycles. The molecule has 2 aromatic carbocycles. The topological polar surface area (TPSA) is 46.4 Å². The van der Waals surface area contributed by atoms with Crippen molar-refractivity contribution >= 4 is 34.0 Å². The SMILES string of the molecule is O=[N+]([O-])c1ccc([C@H]2[C@@H]3CC=C[C@@H]3c3cc(I)cc4c3N2C[C@@H]2CC=C[C@@H]42)cc1. The summed E-state index contributed by atoms with van der Waals surface area (Å²) in [7, 11) is 0. The molecule has 0 saturated heterocycles. The smallest absolute Gasteiger partial charge is 0.269 e. The minimum absolute atomic E-state index is 0.167. The van der Waals surface area contributed by atoms with Gasteiger partial charge in [0.05, 0.1) is 11.0 Å². The molecule has 0 fully saturated rings. The number of non-ortho nitro benzene ring substituents is 1. The van der Waals surface area contributed by atoms with Gasteiger partial charge in [0, 0.05) is 39.8 Å². The summed E-state index contributed by atoms with van der Waals surface area (Å²) in [6.07, 6.45) is 11.7. The van der Waals surface area contributed by atoms with Crippen molar-refractivity contribution in [2.45, 2.75) is 30.7 Å². The molecule has 0 saturated carbocycles. The lowest BCUT2D eigenvalue weighted by Crippen LogP contribution is -2.46. The Morgan fingerprint density at radius 1 is 1.00 bits per heavy atom. The zero-order valence-electron chi connectivity index (χ0n) is 15.9. The van der Waals surface area contributed by atoms with Gasteiger partial charge in [-0.3, -0.25) is 10.1 Å². The molecule has 5 atom stereocenters. The number of nitro groups is 1. The van der Waals surface area contributed by atoms with Crippen molar-refractivity contribution < 1.29 is 4.92 Å². The first-order valence-corrected chi connectivity index (χ1v) is 11.4. The summed E-state index contributed by atoms with van der Waals surface area (Å²) in [6, 6.07) is 12.3. The van der Waals surface area contributed by atoms with E-state index in [1.54, 1.807) is 12.1 Å². The highest BCUT2D eigenvalue weighted by Crippen LogP contribution is 2.58. The van der Waals surface area contributed by atoms with Crippen molar-refractivity contribution in [1.29, 1.82) is 0 Å². The average molecular weight is 496 g/mol. The zero-order chi connectivity index (χ0) is 19.7. The zero-order valence-corrected chi connectivity index (χ0v) is 18.0. The highest BCUT2D eigenvalue weighted by atomic mass is 127. The maximum atomic E-state index is 11.1. The molecule has 2 heterocycles. The van der Waals surface area contributed by atoms with Gasteiger partial charge < -0.3 is 4.90 Å². The van der Waals surface area contributed by atoms with E-state index in [4.69, 9.17) is 0 Å². The average Bonchev–Trinajstić information content (AvgIpc) is 3.37. The van der Waals surface area contributed by atoms with Gasteiger partial charge in [-0.2, -0.15) is 0 Å². The summed E-state index contributed by atoms with van der Waals surface area (Å²) in [5.41, 5.74) is 5.74. The van der Waals surface area contributed by atoms with Gasteiger partial charge in [-0.1, -0.05) is 36.4 Å². The molecule has 0 bridgehead atoms. The number of allylic oxidation sites excluding steroid dienone is 4. The first kappa shape index (κ1) is 17.7. The number of hydrogen-bond acceptors (Lipinski definition) is 3. The second-order valence-electron chi connectivity index (χ2n) is 8.68. The largest absolute Gasteiger partial charge is 0.363 e. The van der Waals surface area contributed by atoms with Gasteiger partial charge in [-0.15, -0.1) is 0 Å². The number of rotatable bonds is 2. The molecular weight excluding hydrogens is 475 g/mol. The van der Waals surface area contributed by atoms with E-state index in [0.29, 0.717) is 23.7 Å². The molecule has 0 spiro atoms. The lowest BCUT2D eigenvalue weighted by molar-refractivity contribution is -0.384. The Hall–Kier alpha value is -2.15. The van der Waals surface area contributed by atoms with Crippen LogP contribution in [-0.2, 0) is 0 Å². The van der Waals surface area contributed by atoms with Crippen LogP contribution >= 0.6 is 22.6 Å². The summed E-state index contributed by atoms with van der Waals surface area (Å²) in [6.45, 7) is 1.06. The number of hydrogen-bond donors (Lipinski definition) is 0. The van der Waals surface area contributed by atoms with E-state index in [9.17, 15) is 10.1 Å². The Balaban J connectivity index is 1.54. The van der Waals surface area contributed by atoms with Crippen LogP contribution in [0.1, 0.15) is 47.4 Å². The summed E-state index contributed by atoms with van der Waals surface area (Å²) < 4.78 is 1.32. The van der Waals surface area contributed by atoms with Gasteiger partial charge in [-0.05, 0) is 76.1 Å². The molecule has 2 aliphatic carbocycles. The Morgan fingerprint density at radius 3 is 2.45 bits per heavy atom. The fourth-order valence-corrected chi connectivity index (χ4v) is 6.78. The second kappa shape index (κ2) is 6.42. The van der Waals surface area contributed by atoms with Crippen molar-refractivity contribution in [3.05, 3.63) is 91.1 Å². The number of halogens is 1. The Bertz CT molecular complexity index is 1060. The minimum Gasteiger partial charge on any atom is -0.363 e. The van der Waals surface area contributed by atoms with Crippen LogP contribution < -0.4 is 4.90 Å². The van der Waals surface area contributed by atoms with Crippen LogP contribution in [0.3, 0.4) is 0 Å². The Labute approximate surface area is 183 Å². The molecule has 0 N–H and O–H groups in total. The monoisotopic (exact) mass is 496 g/mol. The molecular formula is C24H21IN2O2. The van der Waals surface area contributed by atoms with E-state index in [0.717, 1.165) is 19.4 Å². The van der Waals surface area contributed by atoms with Crippen LogP contribution in [0, 0.1) is 25.5 Å². The molecule has 0 aromatic heterocycles. The maximum absolute atomic E-state index is 11.1. The van der Waals surface area contributed by atoms with Crippen molar-refractivity contribution in [2.75, 3.05) is 11.4 Å². The number of anilines is 1. The molecule has 0 amide bonds. The number of benzene rings is 2. The van der Waals surface area contributed by atoms with Crippen LogP contribution in [0.15, 0.2) is 60.7 Å². The van der Waals surface area contributed by atoms with Gasteiger partial charge in [0.2, 0.25) is 0 Å². The van der Waals surface area contributed by atoms with Crippen LogP contribution in [0.2, 0.25) is 0 Å². The predicted molar refractivity (Wildman–Crippen MR) is 122 cm³/mol. The van der Waals surface area contributed by atoms with E-state index in [1.165, 1.54) is 25.9 Å². The third kappa shape index (κ3) is 2.56. The normalized spacial score (nSPS) is 30.8. The molecule has 5 heteroatoms. The van der Waals surface area contributed by atoms with Gasteiger partial charge in [0.25, 0.3) is 5.69 Å². The number of nitrogens with zero attached hydrogens (tertiary/aromatic N) is 2. The first-order valence-electron chi connectivity index (χ1n) is 10.3. The summed E-state index contributed by atoms with van der Waals surface area (Å²) in [5.74, 6) is 2.06. The van der Waals surface area contributed by atoms with Crippen LogP contribution in [-0.4, -0.2) is 11.5 Å². The van der Waals surface area contributed by atoms with Crippen molar-refractivity contribution in [1.82, 2.24) is 0 Å². The molecule has 146 valence electrons. The third-order valence-electron chi connectivity index (χ3n) is 7.26. The molecule has 0 radical (unpaired) electrons. The Kier molecular flexibility index (Phi) is 3.92. The molecule has 29 heavy (non-hydrogen) atoms. The van der Waals surface area contributed by atoms with E-state index in [1.807, 2.05) is 12.1 Å². The van der Waals surface area contributed by atoms with Crippen molar-refractivity contribution in [3.8, 4) is 0 Å². The molecule has 0 unspecified atom stereocenters. The van der Waals surface area contributed by atoms with Crippen molar-refractivity contribution in [2.24, 2.45) is 11.8 Å². The second-order valence-corrected chi connectivity index (χ2v) is 9.93. The molecule has 2 aromatic rings. The lowest BCUT2D eigenvalue weighted by atomic mass is 9.71. The predicted octanol–water partition coefficient (Wildman–Crippen LogP) is 6.09. The molecule has 6 rings (SSSR count). The summed E-state index contributed by atoms with van der Waals surface area (Å²) in [4.78, 5) is 13.5. The fourth-order valence-electron chi connectivity index (χ4n) is 6.11.